The number of ether oxygens (including phenoxy) is 3. The summed E-state index contributed by atoms with van der Waals surface area (Å²) in [5.41, 5.74) is 6.82. The van der Waals surface area contributed by atoms with Gasteiger partial charge in [-0.3, -0.25) is 14.4 Å². The number of para-hydroxylation sites is 3. The summed E-state index contributed by atoms with van der Waals surface area (Å²) in [6, 6.07) is 22.3. The lowest BCUT2D eigenvalue weighted by atomic mass is 10.0. The largest absolute Gasteiger partial charge is 0.487 e. The van der Waals surface area contributed by atoms with Crippen LogP contribution in [0.2, 0.25) is 15.1 Å². The van der Waals surface area contributed by atoms with Gasteiger partial charge in [-0.15, -0.1) is 0 Å². The fourth-order valence-electron chi connectivity index (χ4n) is 11.3. The number of nitrogens with zero attached hydrogens (tertiary/aromatic N) is 12. The fraction of sp³-hybridized carbons (Fsp3) is 0.280. The Bertz CT molecular complexity index is 5250. The Morgan fingerprint density at radius 1 is 0.509 bits per heavy atom. The molecule has 0 saturated heterocycles. The van der Waals surface area contributed by atoms with E-state index in [0.29, 0.717) is 63.9 Å². The molecule has 552 valence electrons. The van der Waals surface area contributed by atoms with Gasteiger partial charge in [-0.1, -0.05) is 71.2 Å². The molecule has 0 unspecified atom stereocenters. The van der Waals surface area contributed by atoms with Gasteiger partial charge in [0.25, 0.3) is 17.7 Å². The summed E-state index contributed by atoms with van der Waals surface area (Å²) in [4.78, 5) is 62.4. The van der Waals surface area contributed by atoms with Crippen LogP contribution in [0, 0.1) is 52.1 Å². The number of benzene rings is 6. The first kappa shape index (κ1) is 73.5. The van der Waals surface area contributed by atoms with E-state index in [9.17, 15) is 45.1 Å². The van der Waals surface area contributed by atoms with Crippen LogP contribution in [-0.2, 0) is 41.3 Å². The van der Waals surface area contributed by atoms with E-state index >= 15 is 0 Å². The Labute approximate surface area is 623 Å². The van der Waals surface area contributed by atoms with Crippen molar-refractivity contribution in [1.82, 2.24) is 75.2 Å². The van der Waals surface area contributed by atoms with Crippen LogP contribution in [-0.4, -0.2) is 95.2 Å². The molecule has 106 heavy (non-hydrogen) atoms. The van der Waals surface area contributed by atoms with Gasteiger partial charge in [-0.05, 0) is 159 Å². The predicted octanol–water partition coefficient (Wildman–Crippen LogP) is 16.2. The zero-order valence-electron chi connectivity index (χ0n) is 62.0. The Kier molecular flexibility index (Phi) is 22.9. The van der Waals surface area contributed by atoms with Gasteiger partial charge >= 0.3 is 5.92 Å². The zero-order chi connectivity index (χ0) is 79.5. The number of amides is 3. The van der Waals surface area contributed by atoms with Crippen LogP contribution in [0.3, 0.4) is 0 Å². The number of halogens is 10. The van der Waals surface area contributed by atoms with Gasteiger partial charge in [-0.25, -0.2) is 65.9 Å². The highest BCUT2D eigenvalue weighted by Crippen LogP contribution is 2.38. The number of hydrogen-bond acceptors (Lipinski definition) is 15. The number of aryl methyl sites for hydroxylation is 6. The van der Waals surface area contributed by atoms with Crippen molar-refractivity contribution in [3.05, 3.63) is 223 Å². The maximum absolute atomic E-state index is 14.2. The maximum Gasteiger partial charge on any atom is 0.321 e. The second kappa shape index (κ2) is 33.1. The van der Waals surface area contributed by atoms with Crippen LogP contribution in [0.25, 0.3) is 55.5 Å². The van der Waals surface area contributed by atoms with Gasteiger partial charge in [0.2, 0.25) is 0 Å². The number of nitrogens with one attached hydrogen (secondary N) is 3. The number of fused-ring (bicyclic) bond motifs is 3. The molecule has 0 fully saturated rings. The molecule has 3 N–H and O–H groups in total. The Morgan fingerprint density at radius 3 is 1.20 bits per heavy atom. The normalized spacial score (nSPS) is 14.2. The van der Waals surface area contributed by atoms with E-state index in [-0.39, 0.29) is 68.3 Å². The van der Waals surface area contributed by atoms with Crippen LogP contribution in [0.15, 0.2) is 128 Å². The molecule has 0 radical (unpaired) electrons. The Balaban J connectivity index is 0.000000174. The van der Waals surface area contributed by atoms with Crippen molar-refractivity contribution in [2.75, 3.05) is 0 Å². The van der Waals surface area contributed by atoms with E-state index in [1.807, 2.05) is 76.3 Å². The molecule has 5 atom stereocenters. The molecule has 31 heteroatoms. The number of carbonyl (C=O) groups excluding carboxylic acids is 3. The molecule has 6 heterocycles. The van der Waals surface area contributed by atoms with Crippen LogP contribution in [0.4, 0.5) is 30.7 Å². The molecule has 0 aliphatic heterocycles. The number of hydrogen-bond donors (Lipinski definition) is 3. The molecule has 3 amide bonds. The molecule has 0 bridgehead atoms. The fourth-order valence-corrected chi connectivity index (χ4v) is 12.0. The van der Waals surface area contributed by atoms with Gasteiger partial charge in [-0.2, -0.15) is 24.1 Å². The van der Waals surface area contributed by atoms with Crippen molar-refractivity contribution in [1.29, 1.82) is 0 Å². The molecule has 0 spiro atoms. The van der Waals surface area contributed by atoms with Crippen molar-refractivity contribution in [3.8, 4) is 40.0 Å². The van der Waals surface area contributed by atoms with E-state index in [4.69, 9.17) is 53.1 Å². The lowest BCUT2D eigenvalue weighted by molar-refractivity contribution is -0.143. The quantitative estimate of drug-likeness (QED) is 0.0566. The first-order valence-electron chi connectivity index (χ1n) is 34.0. The summed E-state index contributed by atoms with van der Waals surface area (Å²) in [5.74, 6) is -6.34. The first-order valence-corrected chi connectivity index (χ1v) is 33.6. The Morgan fingerprint density at radius 2 is 0.858 bits per heavy atom. The SMILES string of the molecule is [2H][C@@](C)(NC(=O)C(C)(F)F)c1cc(F)cc(Cl)c1COc1cccc2c(-c3ncnn3C)cc(C)nc12.[2H][C@@](C)(NC(=O)[C@@H](C)F)c1cc(F)cc(Cl)c1COc1cccc2c(-n3ncnc3C)cc(C)nc12.[2H][C@@](C)(NC(=O)[C@H](C)F)c1cc(F)cc(Cl)c1COc1cccc2c(-n3ncnc3C)cc(C)nc12. The third-order valence-electron chi connectivity index (χ3n) is 16.4. The lowest BCUT2D eigenvalue weighted by Gasteiger charge is -2.21. The molecule has 6 aromatic heterocycles. The highest BCUT2D eigenvalue weighted by atomic mass is 35.5. The summed E-state index contributed by atoms with van der Waals surface area (Å²) < 4.78 is 146. The molecular weight excluding hydrogens is 1450 g/mol. The first-order chi connectivity index (χ1) is 51.2. The third kappa shape index (κ3) is 17.9. The highest BCUT2D eigenvalue weighted by Gasteiger charge is 2.34. The number of aromatic nitrogens is 12. The minimum atomic E-state index is -3.73. The number of carbonyl (C=O) groups is 3. The monoisotopic (exact) mass is 1520 g/mol. The van der Waals surface area contributed by atoms with Crippen molar-refractivity contribution >= 4 is 85.2 Å². The second-order valence-corrected chi connectivity index (χ2v) is 25.7. The predicted molar refractivity (Wildman–Crippen MR) is 387 cm³/mol. The third-order valence-corrected chi connectivity index (χ3v) is 17.5. The van der Waals surface area contributed by atoms with Crippen LogP contribution >= 0.6 is 34.8 Å². The molecule has 21 nitrogen and oxygen atoms in total. The highest BCUT2D eigenvalue weighted by molar-refractivity contribution is 6.32. The molecule has 12 aromatic rings. The van der Waals surface area contributed by atoms with Crippen molar-refractivity contribution in [2.24, 2.45) is 7.05 Å². The second-order valence-electron chi connectivity index (χ2n) is 24.5. The zero-order valence-corrected chi connectivity index (χ0v) is 61.3. The summed E-state index contributed by atoms with van der Waals surface area (Å²) >= 11 is 19.0. The minimum absolute atomic E-state index is 0.00864. The van der Waals surface area contributed by atoms with Crippen molar-refractivity contribution in [3.63, 3.8) is 0 Å². The molecule has 0 aliphatic carbocycles. The van der Waals surface area contributed by atoms with Crippen LogP contribution in [0.5, 0.6) is 17.2 Å². The molecule has 12 rings (SSSR count). The topological polar surface area (TPSA) is 246 Å². The van der Waals surface area contributed by atoms with Gasteiger partial charge in [0.1, 0.15) is 102 Å². The van der Waals surface area contributed by atoms with E-state index in [2.05, 4.69) is 55.8 Å². The minimum Gasteiger partial charge on any atom is -0.487 e. The van der Waals surface area contributed by atoms with E-state index in [1.54, 1.807) is 57.5 Å². The van der Waals surface area contributed by atoms with Crippen LogP contribution in [0.1, 0.15) is 126 Å². The van der Waals surface area contributed by atoms with E-state index in [0.717, 1.165) is 102 Å². The number of pyridine rings is 3. The Hall–Kier alpha value is -10.8. The molecule has 0 saturated carbocycles. The van der Waals surface area contributed by atoms with Gasteiger partial charge in [0.15, 0.2) is 18.2 Å². The summed E-state index contributed by atoms with van der Waals surface area (Å²) in [7, 11) is 1.77. The average Bonchev–Trinajstić information content (AvgIpc) is 1.74. The lowest BCUT2D eigenvalue weighted by Crippen LogP contribution is -2.39. The molecule has 0 aliphatic rings. The smallest absolute Gasteiger partial charge is 0.321 e. The summed E-state index contributed by atoms with van der Waals surface area (Å²) in [5, 5.41) is 21.4. The number of rotatable bonds is 21. The number of alkyl halides is 4. The van der Waals surface area contributed by atoms with Gasteiger partial charge < -0.3 is 30.2 Å². The van der Waals surface area contributed by atoms with E-state index in [1.165, 1.54) is 32.8 Å². The van der Waals surface area contributed by atoms with Crippen LogP contribution < -0.4 is 30.2 Å². The summed E-state index contributed by atoms with van der Waals surface area (Å²) in [6.45, 7) is 14.9. The molecular formula is C75H71Cl3F7N15O6. The van der Waals surface area contributed by atoms with E-state index < -0.39 is 71.5 Å². The van der Waals surface area contributed by atoms with Crippen molar-refractivity contribution < 1.29 is 63.4 Å². The summed E-state index contributed by atoms with van der Waals surface area (Å²) in [6.07, 6.45) is 0.698. The van der Waals surface area contributed by atoms with Gasteiger partial charge in [0, 0.05) is 69.5 Å². The van der Waals surface area contributed by atoms with Crippen molar-refractivity contribution in [2.45, 2.75) is 132 Å². The van der Waals surface area contributed by atoms with Gasteiger partial charge in [0.05, 0.1) is 48.6 Å². The molecule has 6 aromatic carbocycles. The standard InChI is InChI=1S/C25H23ClF3N5O2.2C25H24ClF2N5O2/c1-13-8-18(23-30-12-31-34(23)4)16-6-5-7-21(22(16)32-13)36-11-19-17(9-15(27)10-20(19)26)14(2)33-24(35)25(3,28)29;2*1-13-8-22(33-16(4)29-12-30-33)18-6-5-7-23(24(18)31-13)35-11-20-19(9-17(28)10-21(20)26)15(3)32-25(34)14(2)27/h5-10,12,14H,11H2,1-4H3,(H,33,35);2*5-10,12,14-15H,11H2,1-4H3,(H,32,34)/t14-;14-,15+;14-,15-/m010/s1/i14D;2*15D. The maximum atomic E-state index is 14.2. The average molecular weight is 1520 g/mol.